The molecule has 0 radical (unpaired) electrons. The quantitative estimate of drug-likeness (QED) is 0.610. The summed E-state index contributed by atoms with van der Waals surface area (Å²) in [5.74, 6) is 0.786. The second-order valence-electron chi connectivity index (χ2n) is 6.45. The molecule has 2 aromatic carbocycles. The van der Waals surface area contributed by atoms with E-state index in [0.717, 1.165) is 16.8 Å². The molecule has 0 bridgehead atoms. The highest BCUT2D eigenvalue weighted by molar-refractivity contribution is 7.98. The monoisotopic (exact) mass is 393 g/mol. The van der Waals surface area contributed by atoms with E-state index in [1.807, 2.05) is 68.6 Å². The third-order valence-electron chi connectivity index (χ3n) is 4.14. The number of hydrogen-bond donors (Lipinski definition) is 1. The van der Waals surface area contributed by atoms with Gasteiger partial charge in [-0.15, -0.1) is 11.8 Å². The van der Waals surface area contributed by atoms with Crippen molar-refractivity contribution in [2.24, 2.45) is 0 Å². The molecule has 6 heteroatoms. The van der Waals surface area contributed by atoms with E-state index in [2.05, 4.69) is 15.3 Å². The molecule has 0 spiro atoms. The molecule has 5 nitrogen and oxygen atoms in total. The summed E-state index contributed by atoms with van der Waals surface area (Å²) >= 11 is 1.69. The minimum Gasteiger partial charge on any atom is -0.467 e. The van der Waals surface area contributed by atoms with Crippen LogP contribution in [0.2, 0.25) is 0 Å². The zero-order valence-electron chi connectivity index (χ0n) is 16.2. The van der Waals surface area contributed by atoms with Crippen LogP contribution in [-0.4, -0.2) is 28.7 Å². The first-order valence-electron chi connectivity index (χ1n) is 8.98. The molecular weight excluding hydrogens is 370 g/mol. The number of carbonyl (C=O) groups excluding carboxylic acids is 1. The van der Waals surface area contributed by atoms with Crippen molar-refractivity contribution in [3.63, 3.8) is 0 Å². The molecule has 3 rings (SSSR count). The number of amides is 1. The number of nitrogens with one attached hydrogen (secondary N) is 1. The molecule has 0 saturated heterocycles. The molecule has 0 unspecified atom stereocenters. The SMILES string of the molecule is CSc1ccc(CNC(=O)COc2cc(C)nc(-c3ccc(C)cc3)n2)cc1. The summed E-state index contributed by atoms with van der Waals surface area (Å²) in [5, 5.41) is 2.86. The Morgan fingerprint density at radius 1 is 1.04 bits per heavy atom. The van der Waals surface area contributed by atoms with E-state index in [0.29, 0.717) is 18.2 Å². The first-order valence-corrected chi connectivity index (χ1v) is 10.2. The van der Waals surface area contributed by atoms with Crippen molar-refractivity contribution in [3.8, 4) is 17.3 Å². The summed E-state index contributed by atoms with van der Waals surface area (Å²) in [6.07, 6.45) is 2.03. The van der Waals surface area contributed by atoms with E-state index >= 15 is 0 Å². The molecule has 1 aromatic heterocycles. The number of ether oxygens (including phenoxy) is 1. The lowest BCUT2D eigenvalue weighted by Gasteiger charge is -2.09. The highest BCUT2D eigenvalue weighted by Crippen LogP contribution is 2.19. The summed E-state index contributed by atoms with van der Waals surface area (Å²) in [7, 11) is 0. The van der Waals surface area contributed by atoms with Crippen LogP contribution in [0.5, 0.6) is 5.88 Å². The van der Waals surface area contributed by atoms with Gasteiger partial charge in [0.05, 0.1) is 0 Å². The lowest BCUT2D eigenvalue weighted by Crippen LogP contribution is -2.28. The molecule has 0 fully saturated rings. The van der Waals surface area contributed by atoms with E-state index < -0.39 is 0 Å². The van der Waals surface area contributed by atoms with Gasteiger partial charge in [-0.2, -0.15) is 4.98 Å². The summed E-state index contributed by atoms with van der Waals surface area (Å²) in [4.78, 5) is 22.2. The number of nitrogens with zero attached hydrogens (tertiary/aromatic N) is 2. The molecule has 0 atom stereocenters. The van der Waals surface area contributed by atoms with Crippen LogP contribution in [0.3, 0.4) is 0 Å². The van der Waals surface area contributed by atoms with Crippen molar-refractivity contribution in [3.05, 3.63) is 71.4 Å². The summed E-state index contributed by atoms with van der Waals surface area (Å²) in [6, 6.07) is 17.8. The Labute approximate surface area is 169 Å². The number of aryl methyl sites for hydroxylation is 2. The van der Waals surface area contributed by atoms with Gasteiger partial charge in [0.1, 0.15) is 0 Å². The Balaban J connectivity index is 1.57. The molecule has 1 N–H and O–H groups in total. The Bertz CT molecular complexity index is 941. The van der Waals surface area contributed by atoms with Crippen molar-refractivity contribution in [1.82, 2.24) is 15.3 Å². The molecule has 0 aliphatic carbocycles. The number of rotatable bonds is 7. The zero-order valence-corrected chi connectivity index (χ0v) is 17.0. The predicted octanol–water partition coefficient (Wildman–Crippen LogP) is 4.18. The van der Waals surface area contributed by atoms with Crippen LogP contribution in [0.15, 0.2) is 59.5 Å². The molecule has 3 aromatic rings. The molecule has 0 saturated carbocycles. The van der Waals surface area contributed by atoms with Crippen LogP contribution in [0, 0.1) is 13.8 Å². The average Bonchev–Trinajstić information content (AvgIpc) is 2.71. The van der Waals surface area contributed by atoms with Gasteiger partial charge in [-0.05, 0) is 37.8 Å². The number of hydrogen-bond acceptors (Lipinski definition) is 5. The standard InChI is InChI=1S/C22H23N3O2S/c1-15-4-8-18(9-5-15)22-24-16(2)12-21(25-22)27-14-20(26)23-13-17-6-10-19(28-3)11-7-17/h4-12H,13-14H2,1-3H3,(H,23,26). The van der Waals surface area contributed by atoms with Crippen molar-refractivity contribution >= 4 is 17.7 Å². The van der Waals surface area contributed by atoms with E-state index in [1.165, 1.54) is 10.5 Å². The molecule has 28 heavy (non-hydrogen) atoms. The molecule has 0 aliphatic rings. The molecule has 144 valence electrons. The Kier molecular flexibility index (Phi) is 6.66. The van der Waals surface area contributed by atoms with Crippen LogP contribution in [0.1, 0.15) is 16.8 Å². The predicted molar refractivity (Wildman–Crippen MR) is 113 cm³/mol. The van der Waals surface area contributed by atoms with Gasteiger partial charge in [-0.3, -0.25) is 4.79 Å². The first-order chi connectivity index (χ1) is 13.5. The largest absolute Gasteiger partial charge is 0.467 e. The topological polar surface area (TPSA) is 64.1 Å². The van der Waals surface area contributed by atoms with Crippen molar-refractivity contribution in [2.45, 2.75) is 25.3 Å². The average molecular weight is 394 g/mol. The lowest BCUT2D eigenvalue weighted by molar-refractivity contribution is -0.123. The van der Waals surface area contributed by atoms with E-state index in [1.54, 1.807) is 17.8 Å². The smallest absolute Gasteiger partial charge is 0.258 e. The minimum atomic E-state index is -0.193. The van der Waals surface area contributed by atoms with Gasteiger partial charge in [0, 0.05) is 28.8 Å². The van der Waals surface area contributed by atoms with Gasteiger partial charge in [0.25, 0.3) is 5.91 Å². The minimum absolute atomic E-state index is 0.0906. The molecule has 1 amide bonds. The maximum atomic E-state index is 12.1. The third-order valence-corrected chi connectivity index (χ3v) is 4.88. The Hall–Kier alpha value is -2.86. The van der Waals surface area contributed by atoms with Gasteiger partial charge in [-0.1, -0.05) is 42.0 Å². The lowest BCUT2D eigenvalue weighted by atomic mass is 10.1. The second-order valence-corrected chi connectivity index (χ2v) is 7.33. The molecular formula is C22H23N3O2S. The number of benzene rings is 2. The van der Waals surface area contributed by atoms with Gasteiger partial charge in [0.2, 0.25) is 5.88 Å². The Morgan fingerprint density at radius 3 is 2.43 bits per heavy atom. The fraction of sp³-hybridized carbons (Fsp3) is 0.227. The van der Waals surface area contributed by atoms with Crippen LogP contribution >= 0.6 is 11.8 Å². The van der Waals surface area contributed by atoms with E-state index in [-0.39, 0.29) is 12.5 Å². The number of carbonyl (C=O) groups is 1. The third kappa shape index (κ3) is 5.57. The fourth-order valence-electron chi connectivity index (χ4n) is 2.58. The highest BCUT2D eigenvalue weighted by Gasteiger charge is 2.08. The van der Waals surface area contributed by atoms with Gasteiger partial charge < -0.3 is 10.1 Å². The van der Waals surface area contributed by atoms with Gasteiger partial charge in [-0.25, -0.2) is 4.98 Å². The second kappa shape index (κ2) is 9.37. The zero-order chi connectivity index (χ0) is 19.9. The van der Waals surface area contributed by atoms with E-state index in [9.17, 15) is 4.79 Å². The summed E-state index contributed by atoms with van der Waals surface area (Å²) in [6.45, 7) is 4.29. The molecule has 1 heterocycles. The van der Waals surface area contributed by atoms with Crippen LogP contribution in [0.25, 0.3) is 11.4 Å². The highest BCUT2D eigenvalue weighted by atomic mass is 32.2. The molecule has 0 aliphatic heterocycles. The van der Waals surface area contributed by atoms with E-state index in [4.69, 9.17) is 4.74 Å². The summed E-state index contributed by atoms with van der Waals surface area (Å²) < 4.78 is 5.59. The fourth-order valence-corrected chi connectivity index (χ4v) is 2.99. The van der Waals surface area contributed by atoms with Gasteiger partial charge in [0.15, 0.2) is 12.4 Å². The normalized spacial score (nSPS) is 10.5. The Morgan fingerprint density at radius 2 is 1.75 bits per heavy atom. The van der Waals surface area contributed by atoms with Crippen LogP contribution in [-0.2, 0) is 11.3 Å². The van der Waals surface area contributed by atoms with Crippen LogP contribution in [0.4, 0.5) is 0 Å². The maximum absolute atomic E-state index is 12.1. The van der Waals surface area contributed by atoms with Gasteiger partial charge >= 0.3 is 0 Å². The number of thioether (sulfide) groups is 1. The number of aromatic nitrogens is 2. The van der Waals surface area contributed by atoms with Crippen molar-refractivity contribution in [2.75, 3.05) is 12.9 Å². The van der Waals surface area contributed by atoms with Crippen molar-refractivity contribution in [1.29, 1.82) is 0 Å². The first kappa shape index (κ1) is 19.9. The maximum Gasteiger partial charge on any atom is 0.258 e. The van der Waals surface area contributed by atoms with Crippen LogP contribution < -0.4 is 10.1 Å². The summed E-state index contributed by atoms with van der Waals surface area (Å²) in [5.41, 5.74) is 3.92. The van der Waals surface area contributed by atoms with Crippen molar-refractivity contribution < 1.29 is 9.53 Å².